The van der Waals surface area contributed by atoms with Gasteiger partial charge in [-0.2, -0.15) is 0 Å². The average Bonchev–Trinajstić information content (AvgIpc) is 2.21. The van der Waals surface area contributed by atoms with Gasteiger partial charge in [-0.3, -0.25) is 0 Å². The molecule has 0 bridgehead atoms. The van der Waals surface area contributed by atoms with Crippen molar-refractivity contribution >= 4 is 0 Å². The van der Waals surface area contributed by atoms with Crippen LogP contribution in [0.2, 0.25) is 0 Å². The summed E-state index contributed by atoms with van der Waals surface area (Å²) in [6.07, 6.45) is 18.5. The number of hydrogen-bond acceptors (Lipinski definition) is 0. The van der Waals surface area contributed by atoms with E-state index >= 15 is 0 Å². The van der Waals surface area contributed by atoms with E-state index in [0.717, 1.165) is 0 Å². The first-order valence-corrected chi connectivity index (χ1v) is 6.56. The van der Waals surface area contributed by atoms with E-state index < -0.39 is 0 Å². The SMILES string of the molecule is CC/C=C/CCCCCCCCCC. The van der Waals surface area contributed by atoms with Gasteiger partial charge in [0.15, 0.2) is 0 Å². The third-order valence-corrected chi connectivity index (χ3v) is 2.63. The summed E-state index contributed by atoms with van der Waals surface area (Å²) in [5, 5.41) is 0. The smallest absolute Gasteiger partial charge is 0.0351 e. The van der Waals surface area contributed by atoms with Gasteiger partial charge in [0.05, 0.1) is 0 Å². The van der Waals surface area contributed by atoms with Crippen LogP contribution in [0.1, 0.15) is 78.1 Å². The van der Waals surface area contributed by atoms with Crippen molar-refractivity contribution in [3.8, 4) is 0 Å². The van der Waals surface area contributed by atoms with E-state index in [2.05, 4.69) is 26.0 Å². The van der Waals surface area contributed by atoms with Crippen LogP contribution in [0.4, 0.5) is 0 Å². The van der Waals surface area contributed by atoms with Crippen LogP contribution in [0, 0.1) is 0 Å². The van der Waals surface area contributed by atoms with E-state index in [1.807, 2.05) is 0 Å². The normalized spacial score (nSPS) is 11.3. The zero-order chi connectivity index (χ0) is 10.5. The molecule has 0 heteroatoms. The molecule has 0 fully saturated rings. The third-order valence-electron chi connectivity index (χ3n) is 2.63. The zero-order valence-corrected chi connectivity index (χ0v) is 10.2. The molecule has 0 rings (SSSR count). The predicted octanol–water partition coefficient (Wildman–Crippen LogP) is 5.48. The number of allylic oxidation sites excluding steroid dienone is 2. The molecular formula is C14H28. The third kappa shape index (κ3) is 11.7. The van der Waals surface area contributed by atoms with E-state index in [0.29, 0.717) is 0 Å². The monoisotopic (exact) mass is 196 g/mol. The lowest BCUT2D eigenvalue weighted by Crippen LogP contribution is -1.79. The van der Waals surface area contributed by atoms with Crippen molar-refractivity contribution in [1.82, 2.24) is 0 Å². The van der Waals surface area contributed by atoms with Gasteiger partial charge in [0.25, 0.3) is 0 Å². The Morgan fingerprint density at radius 3 is 1.79 bits per heavy atom. The summed E-state index contributed by atoms with van der Waals surface area (Å²) >= 11 is 0. The molecule has 0 radical (unpaired) electrons. The van der Waals surface area contributed by atoms with Crippen LogP contribution < -0.4 is 0 Å². The Labute approximate surface area is 90.8 Å². The standard InChI is InChI=1S/C14H28/c1-3-5-7-9-11-13-14-12-10-8-6-4-2/h5,7H,3-4,6,8-14H2,1-2H3/b7-5+. The molecule has 0 unspecified atom stereocenters. The van der Waals surface area contributed by atoms with Crippen molar-refractivity contribution in [2.24, 2.45) is 0 Å². The maximum atomic E-state index is 2.33. The van der Waals surface area contributed by atoms with Crippen LogP contribution in [-0.4, -0.2) is 0 Å². The van der Waals surface area contributed by atoms with Gasteiger partial charge in [0.2, 0.25) is 0 Å². The van der Waals surface area contributed by atoms with Crippen LogP contribution in [0.5, 0.6) is 0 Å². The predicted molar refractivity (Wildman–Crippen MR) is 66.7 cm³/mol. The van der Waals surface area contributed by atoms with Gasteiger partial charge in [-0.25, -0.2) is 0 Å². The van der Waals surface area contributed by atoms with Crippen molar-refractivity contribution in [2.45, 2.75) is 78.1 Å². The number of hydrogen-bond donors (Lipinski definition) is 0. The highest BCUT2D eigenvalue weighted by molar-refractivity contribution is 4.79. The van der Waals surface area contributed by atoms with Crippen LogP contribution in [0.3, 0.4) is 0 Å². The van der Waals surface area contributed by atoms with Gasteiger partial charge in [-0.15, -0.1) is 0 Å². The molecule has 0 atom stereocenters. The van der Waals surface area contributed by atoms with E-state index in [9.17, 15) is 0 Å². The Bertz CT molecular complexity index is 113. The molecular weight excluding hydrogens is 168 g/mol. The van der Waals surface area contributed by atoms with Crippen molar-refractivity contribution in [3.63, 3.8) is 0 Å². The average molecular weight is 196 g/mol. The second kappa shape index (κ2) is 12.7. The molecule has 0 aliphatic heterocycles. The molecule has 0 aliphatic carbocycles. The molecule has 0 aliphatic rings. The largest absolute Gasteiger partial charge is 0.0888 e. The van der Waals surface area contributed by atoms with Crippen LogP contribution in [0.25, 0.3) is 0 Å². The first kappa shape index (κ1) is 13.7. The van der Waals surface area contributed by atoms with E-state index in [4.69, 9.17) is 0 Å². The number of unbranched alkanes of at least 4 members (excludes halogenated alkanes) is 8. The van der Waals surface area contributed by atoms with Gasteiger partial charge in [-0.05, 0) is 19.3 Å². The fourth-order valence-electron chi connectivity index (χ4n) is 1.68. The van der Waals surface area contributed by atoms with E-state index in [1.165, 1.54) is 64.2 Å². The van der Waals surface area contributed by atoms with Crippen LogP contribution in [0.15, 0.2) is 12.2 Å². The molecule has 84 valence electrons. The summed E-state index contributed by atoms with van der Waals surface area (Å²) in [7, 11) is 0. The van der Waals surface area contributed by atoms with Gasteiger partial charge < -0.3 is 0 Å². The number of rotatable bonds is 10. The highest BCUT2D eigenvalue weighted by Crippen LogP contribution is 2.09. The Morgan fingerprint density at radius 2 is 1.21 bits per heavy atom. The van der Waals surface area contributed by atoms with Crippen molar-refractivity contribution in [3.05, 3.63) is 12.2 Å². The molecule has 0 saturated carbocycles. The summed E-state index contributed by atoms with van der Waals surface area (Å²) in [6, 6.07) is 0. The maximum Gasteiger partial charge on any atom is -0.0351 e. The zero-order valence-electron chi connectivity index (χ0n) is 10.2. The lowest BCUT2D eigenvalue weighted by atomic mass is 10.1. The summed E-state index contributed by atoms with van der Waals surface area (Å²) in [5.74, 6) is 0. The minimum Gasteiger partial charge on any atom is -0.0888 e. The Morgan fingerprint density at radius 1 is 0.643 bits per heavy atom. The molecule has 0 aromatic rings. The first-order chi connectivity index (χ1) is 6.91. The molecule has 0 aromatic carbocycles. The van der Waals surface area contributed by atoms with Crippen LogP contribution in [-0.2, 0) is 0 Å². The minimum absolute atomic E-state index is 1.19. The lowest BCUT2D eigenvalue weighted by Gasteiger charge is -1.99. The fourth-order valence-corrected chi connectivity index (χ4v) is 1.68. The quantitative estimate of drug-likeness (QED) is 0.320. The molecule has 0 spiro atoms. The highest BCUT2D eigenvalue weighted by atomic mass is 14.0. The van der Waals surface area contributed by atoms with E-state index in [-0.39, 0.29) is 0 Å². The molecule has 0 amide bonds. The molecule has 14 heavy (non-hydrogen) atoms. The molecule has 0 N–H and O–H groups in total. The fraction of sp³-hybridized carbons (Fsp3) is 0.857. The van der Waals surface area contributed by atoms with Crippen molar-refractivity contribution in [2.75, 3.05) is 0 Å². The Kier molecular flexibility index (Phi) is 12.5. The maximum absolute atomic E-state index is 2.33. The highest BCUT2D eigenvalue weighted by Gasteiger charge is 1.89. The second-order valence-corrected chi connectivity index (χ2v) is 4.14. The summed E-state index contributed by atoms with van der Waals surface area (Å²) in [6.45, 7) is 4.48. The lowest BCUT2D eigenvalue weighted by molar-refractivity contribution is 0.577. The molecule has 0 aromatic heterocycles. The van der Waals surface area contributed by atoms with Gasteiger partial charge >= 0.3 is 0 Å². The summed E-state index contributed by atoms with van der Waals surface area (Å²) in [4.78, 5) is 0. The second-order valence-electron chi connectivity index (χ2n) is 4.14. The van der Waals surface area contributed by atoms with Crippen molar-refractivity contribution < 1.29 is 0 Å². The Hall–Kier alpha value is -0.260. The van der Waals surface area contributed by atoms with Gasteiger partial charge in [0.1, 0.15) is 0 Å². The topological polar surface area (TPSA) is 0 Å². The Balaban J connectivity index is 2.88. The molecule has 0 saturated heterocycles. The minimum atomic E-state index is 1.19. The summed E-state index contributed by atoms with van der Waals surface area (Å²) in [5.41, 5.74) is 0. The molecule has 0 nitrogen and oxygen atoms in total. The molecule has 0 heterocycles. The van der Waals surface area contributed by atoms with E-state index in [1.54, 1.807) is 0 Å². The summed E-state index contributed by atoms with van der Waals surface area (Å²) < 4.78 is 0. The first-order valence-electron chi connectivity index (χ1n) is 6.56. The van der Waals surface area contributed by atoms with Gasteiger partial charge in [-0.1, -0.05) is 70.9 Å². The van der Waals surface area contributed by atoms with Crippen molar-refractivity contribution in [1.29, 1.82) is 0 Å². The van der Waals surface area contributed by atoms with Gasteiger partial charge in [0, 0.05) is 0 Å². The van der Waals surface area contributed by atoms with Crippen LogP contribution >= 0.6 is 0 Å².